The average Bonchev–Trinajstić information content (AvgIpc) is 2.61. The van der Waals surface area contributed by atoms with Gasteiger partial charge in [0.1, 0.15) is 12.5 Å². The molecule has 0 aromatic carbocycles. The zero-order valence-electron chi connectivity index (χ0n) is 8.71. The van der Waals surface area contributed by atoms with Crippen molar-refractivity contribution in [1.29, 1.82) is 0 Å². The molecule has 76 valence electrons. The quantitative estimate of drug-likeness (QED) is 0.628. The highest BCUT2D eigenvalue weighted by molar-refractivity contribution is 4.83. The standard InChI is InChI=1S/C11H20O2/c1-3-5-7-11(8-6-4-2)12-9-10-13-11/h9-10H,3-8H2,1-2H3. The van der Waals surface area contributed by atoms with Gasteiger partial charge in [0.25, 0.3) is 0 Å². The lowest BCUT2D eigenvalue weighted by molar-refractivity contribution is -0.153. The third-order valence-electron chi connectivity index (χ3n) is 2.44. The molecule has 0 spiro atoms. The fraction of sp³-hybridized carbons (Fsp3) is 0.818. The first-order valence-electron chi connectivity index (χ1n) is 5.33. The molecule has 0 N–H and O–H groups in total. The molecule has 1 aliphatic rings. The SMILES string of the molecule is CCCCC1(CCCC)OC=CO1. The lowest BCUT2D eigenvalue weighted by atomic mass is 10.0. The Balaban J connectivity index is 2.34. The van der Waals surface area contributed by atoms with Crippen LogP contribution in [0.1, 0.15) is 52.4 Å². The van der Waals surface area contributed by atoms with Crippen LogP contribution in [0, 0.1) is 0 Å². The van der Waals surface area contributed by atoms with Gasteiger partial charge in [0.15, 0.2) is 0 Å². The van der Waals surface area contributed by atoms with Gasteiger partial charge in [0.05, 0.1) is 0 Å². The Hall–Kier alpha value is -0.660. The number of unbranched alkanes of at least 4 members (excludes halogenated alkanes) is 2. The van der Waals surface area contributed by atoms with Crippen LogP contribution in [0.25, 0.3) is 0 Å². The van der Waals surface area contributed by atoms with E-state index in [1.54, 1.807) is 12.5 Å². The van der Waals surface area contributed by atoms with Crippen LogP contribution < -0.4 is 0 Å². The molecule has 0 fully saturated rings. The van der Waals surface area contributed by atoms with Crippen LogP contribution in [-0.4, -0.2) is 5.79 Å². The second-order valence-electron chi connectivity index (χ2n) is 3.63. The molecule has 0 unspecified atom stereocenters. The summed E-state index contributed by atoms with van der Waals surface area (Å²) >= 11 is 0. The maximum absolute atomic E-state index is 5.54. The molecule has 0 bridgehead atoms. The van der Waals surface area contributed by atoms with E-state index in [2.05, 4.69) is 13.8 Å². The first-order valence-corrected chi connectivity index (χ1v) is 5.33. The summed E-state index contributed by atoms with van der Waals surface area (Å²) in [4.78, 5) is 0. The van der Waals surface area contributed by atoms with Crippen molar-refractivity contribution in [2.45, 2.75) is 58.2 Å². The predicted octanol–water partition coefficient (Wildman–Crippen LogP) is 3.58. The van der Waals surface area contributed by atoms with Crippen LogP contribution in [0.2, 0.25) is 0 Å². The fourth-order valence-electron chi connectivity index (χ4n) is 1.58. The van der Waals surface area contributed by atoms with Crippen LogP contribution >= 0.6 is 0 Å². The van der Waals surface area contributed by atoms with Crippen LogP contribution in [0.4, 0.5) is 0 Å². The molecule has 0 aromatic rings. The van der Waals surface area contributed by atoms with Crippen LogP contribution in [-0.2, 0) is 9.47 Å². The molecule has 0 radical (unpaired) electrons. The molecule has 0 atom stereocenters. The molecule has 2 heteroatoms. The molecule has 1 rings (SSSR count). The van der Waals surface area contributed by atoms with Crippen LogP contribution in [0.5, 0.6) is 0 Å². The van der Waals surface area contributed by atoms with Gasteiger partial charge < -0.3 is 9.47 Å². The van der Waals surface area contributed by atoms with E-state index in [4.69, 9.17) is 9.47 Å². The second kappa shape index (κ2) is 5.15. The van der Waals surface area contributed by atoms with E-state index in [9.17, 15) is 0 Å². The van der Waals surface area contributed by atoms with Crippen molar-refractivity contribution < 1.29 is 9.47 Å². The van der Waals surface area contributed by atoms with Crippen molar-refractivity contribution in [2.24, 2.45) is 0 Å². The summed E-state index contributed by atoms with van der Waals surface area (Å²) < 4.78 is 11.1. The molecule has 2 nitrogen and oxygen atoms in total. The molecular formula is C11H20O2. The highest BCUT2D eigenvalue weighted by Crippen LogP contribution is 2.31. The summed E-state index contributed by atoms with van der Waals surface area (Å²) in [5.74, 6) is -0.313. The summed E-state index contributed by atoms with van der Waals surface area (Å²) in [6.45, 7) is 4.38. The van der Waals surface area contributed by atoms with Gasteiger partial charge in [-0.25, -0.2) is 0 Å². The molecule has 0 saturated heterocycles. The van der Waals surface area contributed by atoms with Crippen molar-refractivity contribution in [3.8, 4) is 0 Å². The Labute approximate surface area is 80.9 Å². The van der Waals surface area contributed by atoms with Gasteiger partial charge in [-0.15, -0.1) is 0 Å². The summed E-state index contributed by atoms with van der Waals surface area (Å²) in [6, 6.07) is 0. The van der Waals surface area contributed by atoms with Crippen molar-refractivity contribution in [1.82, 2.24) is 0 Å². The highest BCUT2D eigenvalue weighted by atomic mass is 16.7. The van der Waals surface area contributed by atoms with Crippen molar-refractivity contribution >= 4 is 0 Å². The van der Waals surface area contributed by atoms with E-state index in [0.29, 0.717) is 0 Å². The monoisotopic (exact) mass is 184 g/mol. The van der Waals surface area contributed by atoms with Crippen molar-refractivity contribution in [2.75, 3.05) is 0 Å². The minimum Gasteiger partial charge on any atom is -0.457 e. The molecule has 1 aliphatic heterocycles. The average molecular weight is 184 g/mol. The highest BCUT2D eigenvalue weighted by Gasteiger charge is 2.33. The summed E-state index contributed by atoms with van der Waals surface area (Å²) in [6.07, 6.45) is 10.1. The van der Waals surface area contributed by atoms with Gasteiger partial charge in [-0.2, -0.15) is 0 Å². The maximum atomic E-state index is 5.54. The summed E-state index contributed by atoms with van der Waals surface area (Å²) in [7, 11) is 0. The molecule has 13 heavy (non-hydrogen) atoms. The first-order chi connectivity index (χ1) is 6.33. The summed E-state index contributed by atoms with van der Waals surface area (Å²) in [5.41, 5.74) is 0. The Morgan fingerprint density at radius 3 is 1.77 bits per heavy atom. The van der Waals surface area contributed by atoms with Crippen molar-refractivity contribution in [3.63, 3.8) is 0 Å². The number of hydrogen-bond acceptors (Lipinski definition) is 2. The number of hydrogen-bond donors (Lipinski definition) is 0. The molecule has 0 aromatic heterocycles. The largest absolute Gasteiger partial charge is 0.457 e. The molecular weight excluding hydrogens is 164 g/mol. The van der Waals surface area contributed by atoms with Gasteiger partial charge in [-0.1, -0.05) is 26.7 Å². The minimum atomic E-state index is -0.313. The predicted molar refractivity (Wildman–Crippen MR) is 53.1 cm³/mol. The third-order valence-corrected chi connectivity index (χ3v) is 2.44. The minimum absolute atomic E-state index is 0.313. The molecule has 0 saturated carbocycles. The Bertz CT molecular complexity index is 145. The lowest BCUT2D eigenvalue weighted by Crippen LogP contribution is -2.29. The Morgan fingerprint density at radius 2 is 1.38 bits per heavy atom. The zero-order chi connectivity index (χ0) is 9.57. The van der Waals surface area contributed by atoms with E-state index in [1.807, 2.05) is 0 Å². The zero-order valence-corrected chi connectivity index (χ0v) is 8.71. The second-order valence-corrected chi connectivity index (χ2v) is 3.63. The number of rotatable bonds is 6. The molecule has 0 aliphatic carbocycles. The normalized spacial score (nSPS) is 18.3. The van der Waals surface area contributed by atoms with Gasteiger partial charge in [0.2, 0.25) is 5.79 Å². The van der Waals surface area contributed by atoms with E-state index >= 15 is 0 Å². The molecule has 0 amide bonds. The first kappa shape index (κ1) is 10.4. The van der Waals surface area contributed by atoms with Gasteiger partial charge in [0, 0.05) is 12.8 Å². The van der Waals surface area contributed by atoms with Gasteiger partial charge >= 0.3 is 0 Å². The Morgan fingerprint density at radius 1 is 0.923 bits per heavy atom. The van der Waals surface area contributed by atoms with Gasteiger partial charge in [-0.05, 0) is 12.8 Å². The van der Waals surface area contributed by atoms with Crippen LogP contribution in [0.3, 0.4) is 0 Å². The number of ether oxygens (including phenoxy) is 2. The lowest BCUT2D eigenvalue weighted by Gasteiger charge is -2.27. The third kappa shape index (κ3) is 2.94. The van der Waals surface area contributed by atoms with Crippen molar-refractivity contribution in [3.05, 3.63) is 12.5 Å². The maximum Gasteiger partial charge on any atom is 0.249 e. The molecule has 1 heterocycles. The summed E-state index contributed by atoms with van der Waals surface area (Å²) in [5, 5.41) is 0. The van der Waals surface area contributed by atoms with E-state index < -0.39 is 0 Å². The fourth-order valence-corrected chi connectivity index (χ4v) is 1.58. The van der Waals surface area contributed by atoms with E-state index in [0.717, 1.165) is 12.8 Å². The smallest absolute Gasteiger partial charge is 0.249 e. The topological polar surface area (TPSA) is 18.5 Å². The van der Waals surface area contributed by atoms with Gasteiger partial charge in [-0.3, -0.25) is 0 Å². The van der Waals surface area contributed by atoms with Crippen LogP contribution in [0.15, 0.2) is 12.5 Å². The van der Waals surface area contributed by atoms with E-state index in [1.165, 1.54) is 25.7 Å². The Kier molecular flexibility index (Phi) is 4.13. The van der Waals surface area contributed by atoms with E-state index in [-0.39, 0.29) is 5.79 Å².